The van der Waals surface area contributed by atoms with Crippen LogP contribution in [0.1, 0.15) is 12.8 Å². The van der Waals surface area contributed by atoms with Gasteiger partial charge in [-0.2, -0.15) is 0 Å². The minimum atomic E-state index is -0.227. The van der Waals surface area contributed by atoms with Crippen molar-refractivity contribution in [3.63, 3.8) is 0 Å². The first-order chi connectivity index (χ1) is 11.2. The minimum absolute atomic E-state index is 0.227. The SMILES string of the molecule is O=C1CCN(c2cccc(-c3cc4cc(F)ccc4[nH]3)c2)CC1. The molecule has 2 aromatic carbocycles. The molecule has 0 amide bonds. The van der Waals surface area contributed by atoms with Gasteiger partial charge in [0.1, 0.15) is 11.6 Å². The summed E-state index contributed by atoms with van der Waals surface area (Å²) < 4.78 is 13.3. The largest absolute Gasteiger partial charge is 0.371 e. The van der Waals surface area contributed by atoms with Gasteiger partial charge < -0.3 is 9.88 Å². The van der Waals surface area contributed by atoms with Crippen LogP contribution in [-0.4, -0.2) is 23.9 Å². The summed E-state index contributed by atoms with van der Waals surface area (Å²) in [6, 6.07) is 15.0. The fourth-order valence-electron chi connectivity index (χ4n) is 3.14. The first-order valence-corrected chi connectivity index (χ1v) is 7.84. The number of fused-ring (bicyclic) bond motifs is 1. The highest BCUT2D eigenvalue weighted by atomic mass is 19.1. The highest BCUT2D eigenvalue weighted by molar-refractivity contribution is 5.86. The van der Waals surface area contributed by atoms with Crippen LogP contribution >= 0.6 is 0 Å². The lowest BCUT2D eigenvalue weighted by atomic mass is 10.1. The molecular weight excluding hydrogens is 291 g/mol. The summed E-state index contributed by atoms with van der Waals surface area (Å²) in [5, 5.41) is 0.869. The topological polar surface area (TPSA) is 36.1 Å². The number of hydrogen-bond acceptors (Lipinski definition) is 2. The summed E-state index contributed by atoms with van der Waals surface area (Å²) in [7, 11) is 0. The zero-order valence-electron chi connectivity index (χ0n) is 12.7. The molecule has 1 aliphatic heterocycles. The number of benzene rings is 2. The van der Waals surface area contributed by atoms with E-state index in [1.165, 1.54) is 12.1 Å². The van der Waals surface area contributed by atoms with Crippen LogP contribution in [-0.2, 0) is 4.79 Å². The zero-order chi connectivity index (χ0) is 15.8. The molecule has 0 spiro atoms. The van der Waals surface area contributed by atoms with Gasteiger partial charge in [-0.15, -0.1) is 0 Å². The predicted octanol–water partition coefficient (Wildman–Crippen LogP) is 4.14. The van der Waals surface area contributed by atoms with Crippen LogP contribution in [0, 0.1) is 5.82 Å². The van der Waals surface area contributed by atoms with E-state index >= 15 is 0 Å². The Morgan fingerprint density at radius 1 is 1.00 bits per heavy atom. The van der Waals surface area contributed by atoms with Crippen molar-refractivity contribution < 1.29 is 9.18 Å². The second-order valence-corrected chi connectivity index (χ2v) is 5.99. The van der Waals surface area contributed by atoms with Crippen molar-refractivity contribution in [2.75, 3.05) is 18.0 Å². The molecule has 0 radical (unpaired) electrons. The number of carbonyl (C=O) groups is 1. The Hall–Kier alpha value is -2.62. The summed E-state index contributed by atoms with van der Waals surface area (Å²) in [5.74, 6) is 0.116. The van der Waals surface area contributed by atoms with Crippen molar-refractivity contribution in [3.8, 4) is 11.3 Å². The third kappa shape index (κ3) is 2.72. The average molecular weight is 308 g/mol. The second-order valence-electron chi connectivity index (χ2n) is 5.99. The van der Waals surface area contributed by atoms with Crippen LogP contribution in [0.3, 0.4) is 0 Å². The Morgan fingerprint density at radius 3 is 2.65 bits per heavy atom. The van der Waals surface area contributed by atoms with E-state index in [0.717, 1.165) is 40.9 Å². The molecule has 1 N–H and O–H groups in total. The lowest BCUT2D eigenvalue weighted by Crippen LogP contribution is -2.33. The number of ketones is 1. The van der Waals surface area contributed by atoms with Gasteiger partial charge in [0.05, 0.1) is 0 Å². The molecule has 23 heavy (non-hydrogen) atoms. The van der Waals surface area contributed by atoms with E-state index < -0.39 is 0 Å². The number of H-pyrrole nitrogens is 1. The number of aromatic nitrogens is 1. The second kappa shape index (κ2) is 5.54. The van der Waals surface area contributed by atoms with Crippen molar-refractivity contribution in [3.05, 3.63) is 54.3 Å². The van der Waals surface area contributed by atoms with Gasteiger partial charge in [-0.1, -0.05) is 12.1 Å². The Labute approximate surface area is 133 Å². The fourth-order valence-corrected chi connectivity index (χ4v) is 3.14. The van der Waals surface area contributed by atoms with Crippen molar-refractivity contribution >= 4 is 22.4 Å². The third-order valence-electron chi connectivity index (χ3n) is 4.43. The van der Waals surface area contributed by atoms with Crippen LogP contribution in [0.25, 0.3) is 22.2 Å². The fraction of sp³-hybridized carbons (Fsp3) is 0.211. The monoisotopic (exact) mass is 308 g/mol. The maximum absolute atomic E-state index is 13.3. The highest BCUT2D eigenvalue weighted by Crippen LogP contribution is 2.28. The van der Waals surface area contributed by atoms with Crippen LogP contribution in [0.2, 0.25) is 0 Å². The lowest BCUT2D eigenvalue weighted by molar-refractivity contribution is -0.119. The van der Waals surface area contributed by atoms with E-state index in [1.54, 1.807) is 6.07 Å². The Kier molecular flexibility index (Phi) is 3.37. The van der Waals surface area contributed by atoms with Crippen molar-refractivity contribution in [1.82, 2.24) is 4.98 Å². The summed E-state index contributed by atoms with van der Waals surface area (Å²) in [6.45, 7) is 1.56. The molecule has 1 aliphatic rings. The average Bonchev–Trinajstić information content (AvgIpc) is 2.99. The van der Waals surface area contributed by atoms with Crippen molar-refractivity contribution in [2.45, 2.75) is 12.8 Å². The first kappa shape index (κ1) is 14.0. The van der Waals surface area contributed by atoms with E-state index in [9.17, 15) is 9.18 Å². The van der Waals surface area contributed by atoms with E-state index in [-0.39, 0.29) is 5.82 Å². The van der Waals surface area contributed by atoms with E-state index in [1.807, 2.05) is 18.2 Å². The molecule has 0 atom stereocenters. The Balaban J connectivity index is 1.68. The molecule has 3 nitrogen and oxygen atoms in total. The van der Waals surface area contributed by atoms with Crippen LogP contribution in [0.15, 0.2) is 48.5 Å². The molecule has 116 valence electrons. The molecule has 0 aliphatic carbocycles. The maximum Gasteiger partial charge on any atom is 0.136 e. The molecule has 4 heteroatoms. The number of aromatic amines is 1. The normalized spacial score (nSPS) is 15.3. The molecule has 4 rings (SSSR count). The van der Waals surface area contributed by atoms with Gasteiger partial charge in [0.25, 0.3) is 0 Å². The van der Waals surface area contributed by atoms with Crippen molar-refractivity contribution in [2.24, 2.45) is 0 Å². The van der Waals surface area contributed by atoms with E-state index in [0.29, 0.717) is 18.6 Å². The number of Topliss-reactive ketones (excluding diaryl/α,β-unsaturated/α-hetero) is 1. The molecule has 1 saturated heterocycles. The Bertz CT molecular complexity index is 874. The summed E-state index contributed by atoms with van der Waals surface area (Å²) in [5.41, 5.74) is 4.09. The van der Waals surface area contributed by atoms with E-state index in [2.05, 4.69) is 22.0 Å². The number of hydrogen-bond donors (Lipinski definition) is 1. The van der Waals surface area contributed by atoms with E-state index in [4.69, 9.17) is 0 Å². The lowest BCUT2D eigenvalue weighted by Gasteiger charge is -2.28. The highest BCUT2D eigenvalue weighted by Gasteiger charge is 2.16. The predicted molar refractivity (Wildman–Crippen MR) is 90.1 cm³/mol. The minimum Gasteiger partial charge on any atom is -0.371 e. The number of nitrogens with zero attached hydrogens (tertiary/aromatic N) is 1. The van der Waals surface area contributed by atoms with Crippen LogP contribution in [0.5, 0.6) is 0 Å². The smallest absolute Gasteiger partial charge is 0.136 e. The molecule has 2 heterocycles. The number of halogens is 1. The standard InChI is InChI=1S/C19H17FN2O/c20-15-4-5-18-14(10-15)12-19(21-18)13-2-1-3-16(11-13)22-8-6-17(23)7-9-22/h1-5,10-12,21H,6-9H2. The maximum atomic E-state index is 13.3. The summed E-state index contributed by atoms with van der Waals surface area (Å²) in [4.78, 5) is 17.0. The quantitative estimate of drug-likeness (QED) is 0.772. The third-order valence-corrected chi connectivity index (χ3v) is 4.43. The van der Waals surface area contributed by atoms with Crippen LogP contribution in [0.4, 0.5) is 10.1 Å². The van der Waals surface area contributed by atoms with Gasteiger partial charge in [0.2, 0.25) is 0 Å². The molecule has 0 bridgehead atoms. The first-order valence-electron chi connectivity index (χ1n) is 7.84. The zero-order valence-corrected chi connectivity index (χ0v) is 12.7. The molecular formula is C19H17FN2O. The van der Waals surface area contributed by atoms with Gasteiger partial charge in [-0.3, -0.25) is 4.79 Å². The molecule has 1 aromatic heterocycles. The molecule has 1 fully saturated rings. The number of rotatable bonds is 2. The summed E-state index contributed by atoms with van der Waals surface area (Å²) in [6.07, 6.45) is 1.24. The van der Waals surface area contributed by atoms with Crippen LogP contribution < -0.4 is 4.90 Å². The van der Waals surface area contributed by atoms with Gasteiger partial charge in [-0.25, -0.2) is 4.39 Å². The number of nitrogens with one attached hydrogen (secondary N) is 1. The van der Waals surface area contributed by atoms with Gasteiger partial charge in [0.15, 0.2) is 0 Å². The Morgan fingerprint density at radius 2 is 1.83 bits per heavy atom. The molecule has 3 aromatic rings. The summed E-state index contributed by atoms with van der Waals surface area (Å²) >= 11 is 0. The number of anilines is 1. The molecule has 0 unspecified atom stereocenters. The van der Waals surface area contributed by atoms with Gasteiger partial charge in [-0.05, 0) is 42.0 Å². The van der Waals surface area contributed by atoms with Crippen molar-refractivity contribution in [1.29, 1.82) is 0 Å². The number of carbonyl (C=O) groups excluding carboxylic acids is 1. The van der Waals surface area contributed by atoms with Gasteiger partial charge in [0, 0.05) is 48.2 Å². The molecule has 0 saturated carbocycles. The number of piperidine rings is 1. The van der Waals surface area contributed by atoms with Gasteiger partial charge >= 0.3 is 0 Å².